The maximum Gasteiger partial charge on any atom is 0.233 e. The molecule has 1 aliphatic rings. The average Bonchev–Trinajstić information content (AvgIpc) is 3.31. The van der Waals surface area contributed by atoms with E-state index in [1.165, 1.54) is 16.7 Å². The van der Waals surface area contributed by atoms with E-state index in [1.807, 2.05) is 53.1 Å². The minimum atomic E-state index is -1.26. The number of rotatable bonds is 6. The quantitative estimate of drug-likeness (QED) is 0.372. The third-order valence-electron chi connectivity index (χ3n) is 5.82. The molecule has 1 aliphatic heterocycles. The Morgan fingerprint density at radius 3 is 2.43 bits per heavy atom. The third kappa shape index (κ3) is 4.78. The van der Waals surface area contributed by atoms with Crippen molar-refractivity contribution >= 4 is 35.2 Å². The predicted octanol–water partition coefficient (Wildman–Crippen LogP) is 2.78. The highest BCUT2D eigenvalue weighted by Gasteiger charge is 2.31. The zero-order chi connectivity index (χ0) is 24.4. The number of carboxylic acid groups (broad SMARTS) is 1. The highest BCUT2D eigenvalue weighted by atomic mass is 35.5. The fourth-order valence-corrected chi connectivity index (χ4v) is 5.04. The predicted molar refractivity (Wildman–Crippen MR) is 130 cm³/mol. The van der Waals surface area contributed by atoms with Gasteiger partial charge >= 0.3 is 0 Å². The van der Waals surface area contributed by atoms with Crippen LogP contribution >= 0.6 is 23.4 Å². The summed E-state index contributed by atoms with van der Waals surface area (Å²) in [7, 11) is 0. The van der Waals surface area contributed by atoms with Crippen molar-refractivity contribution < 1.29 is 14.7 Å². The molecular weight excluding hydrogens is 486 g/mol. The van der Waals surface area contributed by atoms with Crippen molar-refractivity contribution in [2.75, 3.05) is 5.75 Å². The van der Waals surface area contributed by atoms with Crippen molar-refractivity contribution in [3.05, 3.63) is 89.2 Å². The number of hydrogen-bond donors (Lipinski definition) is 0. The summed E-state index contributed by atoms with van der Waals surface area (Å²) in [5.74, 6) is -0.991. The first-order chi connectivity index (χ1) is 17.0. The first kappa shape index (κ1) is 23.1. The van der Waals surface area contributed by atoms with Gasteiger partial charge in [-0.05, 0) is 53.9 Å². The molecule has 0 radical (unpaired) electrons. The van der Waals surface area contributed by atoms with Crippen LogP contribution in [-0.2, 0) is 22.6 Å². The number of carbonyl (C=O) groups is 2. The molecule has 3 heterocycles. The molecule has 0 unspecified atom stereocenters. The van der Waals surface area contributed by atoms with Crippen LogP contribution in [-0.4, -0.2) is 48.3 Å². The molecule has 2 aromatic carbocycles. The van der Waals surface area contributed by atoms with E-state index in [1.54, 1.807) is 24.5 Å². The number of pyridine rings is 1. The fourth-order valence-electron chi connectivity index (χ4n) is 4.08. The van der Waals surface area contributed by atoms with Crippen LogP contribution in [0.4, 0.5) is 0 Å². The SMILES string of the molecule is O=C([O-])[C@@H]1Cc2ccccc2CN1C(=O)CSc1nnc(-c2ccncc2)n1-c1ccc(Cl)cc1. The van der Waals surface area contributed by atoms with E-state index >= 15 is 0 Å². The highest BCUT2D eigenvalue weighted by Crippen LogP contribution is 2.30. The Bertz CT molecular complexity index is 1380. The highest BCUT2D eigenvalue weighted by molar-refractivity contribution is 7.99. The van der Waals surface area contributed by atoms with Crippen LogP contribution in [0.3, 0.4) is 0 Å². The van der Waals surface area contributed by atoms with Crippen molar-refractivity contribution in [1.29, 1.82) is 0 Å². The lowest BCUT2D eigenvalue weighted by Gasteiger charge is -2.37. The van der Waals surface area contributed by atoms with Gasteiger partial charge in [0.1, 0.15) is 0 Å². The van der Waals surface area contributed by atoms with Gasteiger partial charge in [0, 0.05) is 35.2 Å². The zero-order valence-corrected chi connectivity index (χ0v) is 19.9. The van der Waals surface area contributed by atoms with Crippen molar-refractivity contribution in [3.63, 3.8) is 0 Å². The number of carbonyl (C=O) groups excluding carboxylic acids is 2. The lowest BCUT2D eigenvalue weighted by Crippen LogP contribution is -2.54. The van der Waals surface area contributed by atoms with Crippen LogP contribution in [0.1, 0.15) is 11.1 Å². The summed E-state index contributed by atoms with van der Waals surface area (Å²) in [5, 5.41) is 21.6. The number of nitrogens with zero attached hydrogens (tertiary/aromatic N) is 5. The lowest BCUT2D eigenvalue weighted by molar-refractivity contribution is -0.311. The van der Waals surface area contributed by atoms with Gasteiger partial charge in [-0.2, -0.15) is 0 Å². The van der Waals surface area contributed by atoms with Crippen LogP contribution in [0.5, 0.6) is 0 Å². The number of amides is 1. The molecule has 8 nitrogen and oxygen atoms in total. The van der Waals surface area contributed by atoms with Gasteiger partial charge in [0.2, 0.25) is 5.91 Å². The molecular formula is C25H19ClN5O3S-. The smallest absolute Gasteiger partial charge is 0.233 e. The minimum Gasteiger partial charge on any atom is -0.548 e. The summed E-state index contributed by atoms with van der Waals surface area (Å²) < 4.78 is 1.84. The van der Waals surface area contributed by atoms with E-state index in [4.69, 9.17) is 11.6 Å². The van der Waals surface area contributed by atoms with Gasteiger partial charge in [0.15, 0.2) is 11.0 Å². The van der Waals surface area contributed by atoms with Gasteiger partial charge in [0.25, 0.3) is 0 Å². The van der Waals surface area contributed by atoms with Gasteiger partial charge in [-0.3, -0.25) is 14.3 Å². The van der Waals surface area contributed by atoms with Crippen molar-refractivity contribution in [3.8, 4) is 17.1 Å². The Balaban J connectivity index is 1.42. The molecule has 2 aromatic heterocycles. The molecule has 0 fully saturated rings. The number of fused-ring (bicyclic) bond motifs is 1. The second-order valence-corrected chi connectivity index (χ2v) is 9.35. The first-order valence-corrected chi connectivity index (χ1v) is 12.2. The number of benzene rings is 2. The van der Waals surface area contributed by atoms with E-state index in [-0.39, 0.29) is 24.6 Å². The number of aliphatic carboxylic acids is 1. The summed E-state index contributed by atoms with van der Waals surface area (Å²) in [4.78, 5) is 30.5. The maximum atomic E-state index is 13.2. The van der Waals surface area contributed by atoms with E-state index < -0.39 is 12.0 Å². The molecule has 0 spiro atoms. The topological polar surface area (TPSA) is 104 Å². The molecule has 4 aromatic rings. The number of aromatic nitrogens is 4. The van der Waals surface area contributed by atoms with Gasteiger partial charge in [-0.15, -0.1) is 10.2 Å². The molecule has 0 saturated heterocycles. The van der Waals surface area contributed by atoms with Crippen LogP contribution in [0.25, 0.3) is 17.1 Å². The van der Waals surface area contributed by atoms with Crippen LogP contribution in [0, 0.1) is 0 Å². The maximum absolute atomic E-state index is 13.2. The van der Waals surface area contributed by atoms with Crippen LogP contribution < -0.4 is 5.11 Å². The van der Waals surface area contributed by atoms with Gasteiger partial charge < -0.3 is 14.8 Å². The van der Waals surface area contributed by atoms with Crippen molar-refractivity contribution in [2.24, 2.45) is 0 Å². The number of thioether (sulfide) groups is 1. The van der Waals surface area contributed by atoms with Crippen LogP contribution in [0.2, 0.25) is 5.02 Å². The van der Waals surface area contributed by atoms with Crippen LogP contribution in [0.15, 0.2) is 78.2 Å². The minimum absolute atomic E-state index is 0.00594. The summed E-state index contributed by atoms with van der Waals surface area (Å²) in [5.41, 5.74) is 3.45. The van der Waals surface area contributed by atoms with Crippen molar-refractivity contribution in [1.82, 2.24) is 24.6 Å². The Labute approximate surface area is 210 Å². The molecule has 5 rings (SSSR count). The fraction of sp³-hybridized carbons (Fsp3) is 0.160. The van der Waals surface area contributed by atoms with Gasteiger partial charge in [-0.1, -0.05) is 47.6 Å². The number of halogens is 1. The molecule has 0 bridgehead atoms. The lowest BCUT2D eigenvalue weighted by atomic mass is 9.94. The molecule has 35 heavy (non-hydrogen) atoms. The number of carboxylic acids is 1. The summed E-state index contributed by atoms with van der Waals surface area (Å²) in [6.07, 6.45) is 3.56. The largest absolute Gasteiger partial charge is 0.548 e. The third-order valence-corrected chi connectivity index (χ3v) is 6.99. The Hall–Kier alpha value is -3.69. The summed E-state index contributed by atoms with van der Waals surface area (Å²) in [6.45, 7) is 0.223. The molecule has 0 aliphatic carbocycles. The first-order valence-electron chi connectivity index (χ1n) is 10.8. The Morgan fingerprint density at radius 2 is 1.71 bits per heavy atom. The molecule has 10 heteroatoms. The van der Waals surface area contributed by atoms with E-state index in [0.717, 1.165) is 22.4 Å². The van der Waals surface area contributed by atoms with Gasteiger partial charge in [0.05, 0.1) is 17.8 Å². The molecule has 0 N–H and O–H groups in total. The average molecular weight is 505 g/mol. The Morgan fingerprint density at radius 1 is 1.00 bits per heavy atom. The van der Waals surface area contributed by atoms with E-state index in [9.17, 15) is 14.7 Å². The second kappa shape index (κ2) is 9.89. The van der Waals surface area contributed by atoms with E-state index in [0.29, 0.717) is 16.0 Å². The normalized spacial score (nSPS) is 15.0. The zero-order valence-electron chi connectivity index (χ0n) is 18.4. The molecule has 1 amide bonds. The van der Waals surface area contributed by atoms with Gasteiger partial charge in [-0.25, -0.2) is 0 Å². The molecule has 1 atom stereocenters. The summed E-state index contributed by atoms with van der Waals surface area (Å²) >= 11 is 7.27. The second-order valence-electron chi connectivity index (χ2n) is 7.97. The molecule has 0 saturated carbocycles. The van der Waals surface area contributed by atoms with E-state index in [2.05, 4.69) is 15.2 Å². The number of hydrogen-bond acceptors (Lipinski definition) is 7. The summed E-state index contributed by atoms with van der Waals surface area (Å²) in [6, 6.07) is 17.4. The standard InChI is InChI=1S/C25H20ClN5O3S/c26-19-5-7-20(8-6-19)31-23(16-9-11-27-12-10-16)28-29-25(31)35-15-22(32)30-14-18-4-2-1-3-17(18)13-21(30)24(33)34/h1-12,21H,13-15H2,(H,33,34)/p-1/t21-/m0/s1. The monoisotopic (exact) mass is 504 g/mol. The van der Waals surface area contributed by atoms with Crippen molar-refractivity contribution in [2.45, 2.75) is 24.2 Å². The molecule has 176 valence electrons. The Kier molecular flexibility index (Phi) is 6.52.